The maximum absolute atomic E-state index is 5.97. The van der Waals surface area contributed by atoms with Crippen LogP contribution in [0, 0.1) is 0 Å². The fraction of sp³-hybridized carbons (Fsp3) is 0.214. The summed E-state index contributed by atoms with van der Waals surface area (Å²) in [5, 5.41) is 2.63. The summed E-state index contributed by atoms with van der Waals surface area (Å²) in [4.78, 5) is 5.41. The Labute approximate surface area is 125 Å². The van der Waals surface area contributed by atoms with Gasteiger partial charge in [-0.1, -0.05) is 17.7 Å². The first-order chi connectivity index (χ1) is 9.63. The lowest BCUT2D eigenvalue weighted by atomic mass is 10.2. The average molecular weight is 308 g/mol. The van der Waals surface area contributed by atoms with Crippen molar-refractivity contribution in [2.75, 3.05) is 0 Å². The number of fused-ring (bicyclic) bond motifs is 1. The lowest BCUT2D eigenvalue weighted by Gasteiger charge is -2.08. The number of benzene rings is 1. The molecule has 104 valence electrons. The van der Waals surface area contributed by atoms with E-state index in [0.717, 1.165) is 10.7 Å². The molecule has 0 amide bonds. The van der Waals surface area contributed by atoms with Crippen LogP contribution in [-0.4, -0.2) is 15.4 Å². The average Bonchev–Trinajstić information content (AvgIpc) is 2.93. The zero-order valence-corrected chi connectivity index (χ0v) is 12.5. The van der Waals surface area contributed by atoms with Crippen molar-refractivity contribution in [3.63, 3.8) is 0 Å². The van der Waals surface area contributed by atoms with E-state index in [2.05, 4.69) is 4.98 Å². The van der Waals surface area contributed by atoms with E-state index in [1.165, 1.54) is 0 Å². The molecule has 2 heterocycles. The number of hydrogen-bond donors (Lipinski definition) is 1. The van der Waals surface area contributed by atoms with E-state index in [1.807, 2.05) is 41.1 Å². The molecule has 4 nitrogen and oxygen atoms in total. The molecule has 6 heteroatoms. The van der Waals surface area contributed by atoms with Crippen LogP contribution < -0.4 is 10.5 Å². The van der Waals surface area contributed by atoms with E-state index in [-0.39, 0.29) is 6.04 Å². The number of aromatic nitrogens is 2. The summed E-state index contributed by atoms with van der Waals surface area (Å²) < 4.78 is 7.89. The number of halogens is 1. The highest BCUT2D eigenvalue weighted by atomic mass is 35.5. The van der Waals surface area contributed by atoms with Gasteiger partial charge in [0, 0.05) is 29.1 Å². The second-order valence-electron chi connectivity index (χ2n) is 4.66. The fourth-order valence-electron chi connectivity index (χ4n) is 2.03. The zero-order valence-electron chi connectivity index (χ0n) is 10.9. The minimum atomic E-state index is 0.0384. The molecule has 0 radical (unpaired) electrons. The molecule has 0 spiro atoms. The second-order valence-corrected chi connectivity index (χ2v) is 5.97. The molecule has 1 atom stereocenters. The first-order valence-corrected chi connectivity index (χ1v) is 7.52. The molecular weight excluding hydrogens is 294 g/mol. The lowest BCUT2D eigenvalue weighted by molar-refractivity contribution is 0.456. The molecule has 3 aromatic rings. The molecule has 3 rings (SSSR count). The van der Waals surface area contributed by atoms with Gasteiger partial charge in [-0.25, -0.2) is 0 Å². The molecule has 0 bridgehead atoms. The largest absolute Gasteiger partial charge is 0.437 e. The minimum absolute atomic E-state index is 0.0384. The number of thiazole rings is 1. The van der Waals surface area contributed by atoms with Crippen LogP contribution in [-0.2, 0) is 6.42 Å². The minimum Gasteiger partial charge on any atom is -0.437 e. The first-order valence-electron chi connectivity index (χ1n) is 6.27. The van der Waals surface area contributed by atoms with Crippen LogP contribution in [0.15, 0.2) is 35.8 Å². The van der Waals surface area contributed by atoms with E-state index in [9.17, 15) is 0 Å². The van der Waals surface area contributed by atoms with Crippen molar-refractivity contribution in [2.45, 2.75) is 19.4 Å². The summed E-state index contributed by atoms with van der Waals surface area (Å²) in [7, 11) is 0. The van der Waals surface area contributed by atoms with Gasteiger partial charge in [-0.3, -0.25) is 4.40 Å². The summed E-state index contributed by atoms with van der Waals surface area (Å²) in [5.41, 5.74) is 6.90. The van der Waals surface area contributed by atoms with E-state index in [1.54, 1.807) is 17.4 Å². The van der Waals surface area contributed by atoms with Gasteiger partial charge in [0.2, 0.25) is 5.88 Å². The normalized spacial score (nSPS) is 12.8. The highest BCUT2D eigenvalue weighted by Gasteiger charge is 2.16. The highest BCUT2D eigenvalue weighted by molar-refractivity contribution is 7.15. The zero-order chi connectivity index (χ0) is 14.1. The summed E-state index contributed by atoms with van der Waals surface area (Å²) in [6.45, 7) is 1.97. The maximum Gasteiger partial charge on any atom is 0.242 e. The van der Waals surface area contributed by atoms with Crippen molar-refractivity contribution in [2.24, 2.45) is 5.73 Å². The molecule has 1 aromatic carbocycles. The van der Waals surface area contributed by atoms with E-state index >= 15 is 0 Å². The monoisotopic (exact) mass is 307 g/mol. The SMILES string of the molecule is CC(N)Cc1c(Oc2cccc(Cl)c2)nc2sccn12. The Morgan fingerprint density at radius 2 is 2.35 bits per heavy atom. The van der Waals surface area contributed by atoms with E-state index < -0.39 is 0 Å². The summed E-state index contributed by atoms with van der Waals surface area (Å²) in [6.07, 6.45) is 2.68. The predicted octanol–water partition coefficient (Wildman–Crippen LogP) is 3.73. The van der Waals surface area contributed by atoms with Gasteiger partial charge in [-0.2, -0.15) is 4.98 Å². The second kappa shape index (κ2) is 5.44. The standard InChI is InChI=1S/C14H14ClN3OS/c1-9(16)7-12-13(17-14-18(12)5-6-20-14)19-11-4-2-3-10(15)8-11/h2-6,8-9H,7,16H2,1H3. The van der Waals surface area contributed by atoms with E-state index in [0.29, 0.717) is 23.1 Å². The summed E-state index contributed by atoms with van der Waals surface area (Å²) in [6, 6.07) is 7.32. The van der Waals surface area contributed by atoms with Gasteiger partial charge in [0.15, 0.2) is 4.96 Å². The fourth-order valence-corrected chi connectivity index (χ4v) is 2.93. The molecule has 2 aromatic heterocycles. The van der Waals surface area contributed by atoms with Gasteiger partial charge in [0.25, 0.3) is 0 Å². The molecular formula is C14H14ClN3OS. The molecule has 20 heavy (non-hydrogen) atoms. The number of rotatable bonds is 4. The molecule has 0 fully saturated rings. The third-order valence-corrected chi connectivity index (χ3v) is 3.84. The Kier molecular flexibility index (Phi) is 3.65. The van der Waals surface area contributed by atoms with Crippen LogP contribution in [0.5, 0.6) is 11.6 Å². The van der Waals surface area contributed by atoms with E-state index in [4.69, 9.17) is 22.1 Å². The highest BCUT2D eigenvalue weighted by Crippen LogP contribution is 2.29. The molecule has 0 saturated heterocycles. The van der Waals surface area contributed by atoms with Crippen molar-refractivity contribution in [3.05, 3.63) is 46.6 Å². The quantitative estimate of drug-likeness (QED) is 0.799. The molecule has 0 saturated carbocycles. The predicted molar refractivity (Wildman–Crippen MR) is 81.9 cm³/mol. The van der Waals surface area contributed by atoms with Crippen LogP contribution >= 0.6 is 22.9 Å². The van der Waals surface area contributed by atoms with Crippen LogP contribution in [0.25, 0.3) is 4.96 Å². The topological polar surface area (TPSA) is 52.5 Å². The van der Waals surface area contributed by atoms with Gasteiger partial charge in [0.1, 0.15) is 5.75 Å². The van der Waals surface area contributed by atoms with Crippen molar-refractivity contribution >= 4 is 27.9 Å². The molecule has 1 unspecified atom stereocenters. The Hall–Kier alpha value is -1.56. The molecule has 0 aliphatic carbocycles. The Morgan fingerprint density at radius 1 is 1.50 bits per heavy atom. The first kappa shape index (κ1) is 13.4. The van der Waals surface area contributed by atoms with Crippen molar-refractivity contribution < 1.29 is 4.74 Å². The molecule has 0 aliphatic heterocycles. The van der Waals surface area contributed by atoms with Gasteiger partial charge in [-0.15, -0.1) is 11.3 Å². The van der Waals surface area contributed by atoms with Crippen LogP contribution in [0.4, 0.5) is 0 Å². The van der Waals surface area contributed by atoms with Gasteiger partial charge < -0.3 is 10.5 Å². The van der Waals surface area contributed by atoms with Crippen molar-refractivity contribution in [3.8, 4) is 11.6 Å². The Balaban J connectivity index is 1.99. The number of ether oxygens (including phenoxy) is 1. The number of imidazole rings is 1. The smallest absolute Gasteiger partial charge is 0.242 e. The summed E-state index contributed by atoms with van der Waals surface area (Å²) >= 11 is 7.54. The molecule has 0 aliphatic rings. The van der Waals surface area contributed by atoms with Gasteiger partial charge in [-0.05, 0) is 25.1 Å². The van der Waals surface area contributed by atoms with Crippen molar-refractivity contribution in [1.82, 2.24) is 9.38 Å². The Bertz CT molecular complexity index is 735. The summed E-state index contributed by atoms with van der Waals surface area (Å²) in [5.74, 6) is 1.27. The Morgan fingerprint density at radius 3 is 3.10 bits per heavy atom. The third kappa shape index (κ3) is 2.65. The van der Waals surface area contributed by atoms with Crippen LogP contribution in [0.2, 0.25) is 5.02 Å². The van der Waals surface area contributed by atoms with Crippen LogP contribution in [0.1, 0.15) is 12.6 Å². The van der Waals surface area contributed by atoms with Gasteiger partial charge >= 0.3 is 0 Å². The number of nitrogens with zero attached hydrogens (tertiary/aromatic N) is 2. The third-order valence-electron chi connectivity index (χ3n) is 2.85. The maximum atomic E-state index is 5.97. The number of nitrogens with two attached hydrogens (primary N) is 1. The lowest BCUT2D eigenvalue weighted by Crippen LogP contribution is -2.19. The van der Waals surface area contributed by atoms with Crippen LogP contribution in [0.3, 0.4) is 0 Å². The van der Waals surface area contributed by atoms with Crippen molar-refractivity contribution in [1.29, 1.82) is 0 Å². The number of hydrogen-bond acceptors (Lipinski definition) is 4. The molecule has 2 N–H and O–H groups in total. The van der Waals surface area contributed by atoms with Gasteiger partial charge in [0.05, 0.1) is 5.69 Å².